The van der Waals surface area contributed by atoms with Gasteiger partial charge in [0.2, 0.25) is 0 Å². The largest absolute Gasteiger partial charge is 0.394 e. The zero-order chi connectivity index (χ0) is 22.1. The van der Waals surface area contributed by atoms with Gasteiger partial charge in [-0.3, -0.25) is 0 Å². The van der Waals surface area contributed by atoms with E-state index in [4.69, 9.17) is 10.5 Å². The summed E-state index contributed by atoms with van der Waals surface area (Å²) >= 11 is 1.59. The molecule has 5 atom stereocenters. The van der Waals surface area contributed by atoms with Crippen molar-refractivity contribution in [2.45, 2.75) is 53.8 Å². The molecule has 7 nitrogen and oxygen atoms in total. The molecule has 166 valence electrons. The minimum Gasteiger partial charge on any atom is -0.394 e. The van der Waals surface area contributed by atoms with Gasteiger partial charge in [-0.15, -0.1) is 0 Å². The van der Waals surface area contributed by atoms with E-state index in [9.17, 15) is 20.4 Å². The molecule has 2 heterocycles. The van der Waals surface area contributed by atoms with Crippen molar-refractivity contribution in [2.75, 3.05) is 13.2 Å². The molecule has 0 unspecified atom stereocenters. The summed E-state index contributed by atoms with van der Waals surface area (Å²) in [6, 6.07) is 14.3. The number of aliphatic hydroxyl groups is 4. The molecular formula is C23H28N2O5S. The van der Waals surface area contributed by atoms with Gasteiger partial charge in [0.05, 0.1) is 12.1 Å². The fourth-order valence-corrected chi connectivity index (χ4v) is 4.93. The molecule has 1 saturated heterocycles. The number of nitrogens with zero attached hydrogens (tertiary/aromatic N) is 1. The number of benzene rings is 2. The lowest BCUT2D eigenvalue weighted by atomic mass is 9.98. The van der Waals surface area contributed by atoms with Crippen molar-refractivity contribution < 1.29 is 25.2 Å². The highest BCUT2D eigenvalue weighted by Gasteiger charge is 2.44. The first-order valence-electron chi connectivity index (χ1n) is 10.3. The van der Waals surface area contributed by atoms with Gasteiger partial charge in [-0.2, -0.15) is 0 Å². The van der Waals surface area contributed by atoms with E-state index in [1.807, 2.05) is 31.3 Å². The summed E-state index contributed by atoms with van der Waals surface area (Å²) in [4.78, 5) is 2.03. The highest BCUT2D eigenvalue weighted by atomic mass is 32.2. The van der Waals surface area contributed by atoms with Crippen LogP contribution in [0.1, 0.15) is 17.4 Å². The lowest BCUT2D eigenvalue weighted by Crippen LogP contribution is -2.56. The molecule has 0 saturated carbocycles. The second-order valence-corrected chi connectivity index (χ2v) is 9.04. The van der Waals surface area contributed by atoms with Crippen LogP contribution in [0.4, 0.5) is 0 Å². The second-order valence-electron chi connectivity index (χ2n) is 7.93. The molecular weight excluding hydrogens is 416 g/mol. The molecule has 0 spiro atoms. The third kappa shape index (κ3) is 4.38. The van der Waals surface area contributed by atoms with Gasteiger partial charge in [-0.25, -0.2) is 0 Å². The average molecular weight is 445 g/mol. The van der Waals surface area contributed by atoms with Crippen LogP contribution in [-0.2, 0) is 11.2 Å². The summed E-state index contributed by atoms with van der Waals surface area (Å²) in [7, 11) is 0. The summed E-state index contributed by atoms with van der Waals surface area (Å²) in [5.74, 6) is 0. The van der Waals surface area contributed by atoms with Crippen molar-refractivity contribution in [3.8, 4) is 0 Å². The quantitative estimate of drug-likeness (QED) is 0.391. The molecule has 31 heavy (non-hydrogen) atoms. The minimum atomic E-state index is -1.43. The van der Waals surface area contributed by atoms with Gasteiger partial charge in [-0.05, 0) is 49.2 Å². The van der Waals surface area contributed by atoms with Crippen LogP contribution in [0.5, 0.6) is 0 Å². The lowest BCUT2D eigenvalue weighted by Gasteiger charge is -2.40. The highest BCUT2D eigenvalue weighted by Crippen LogP contribution is 2.39. The van der Waals surface area contributed by atoms with E-state index in [2.05, 4.69) is 24.3 Å². The number of aliphatic hydroxyl groups excluding tert-OH is 4. The zero-order valence-electron chi connectivity index (χ0n) is 17.3. The molecule has 3 aromatic rings. The molecule has 0 amide bonds. The maximum atomic E-state index is 10.6. The van der Waals surface area contributed by atoms with E-state index in [-0.39, 0.29) is 0 Å². The van der Waals surface area contributed by atoms with Gasteiger partial charge < -0.3 is 35.5 Å². The molecule has 1 aliphatic heterocycles. The molecule has 0 bridgehead atoms. The van der Waals surface area contributed by atoms with E-state index in [0.29, 0.717) is 6.54 Å². The molecule has 0 aliphatic carbocycles. The van der Waals surface area contributed by atoms with Gasteiger partial charge in [0.1, 0.15) is 24.4 Å². The third-order valence-electron chi connectivity index (χ3n) is 5.68. The number of hydrogen-bond acceptors (Lipinski definition) is 7. The lowest BCUT2D eigenvalue weighted by molar-refractivity contribution is -0.250. The fraction of sp³-hybridized carbons (Fsp3) is 0.391. The van der Waals surface area contributed by atoms with Crippen LogP contribution in [0, 0.1) is 6.92 Å². The Bertz CT molecular complexity index is 1040. The molecule has 1 aliphatic rings. The van der Waals surface area contributed by atoms with Crippen LogP contribution in [0.25, 0.3) is 10.9 Å². The Morgan fingerprint density at radius 2 is 1.77 bits per heavy atom. The van der Waals surface area contributed by atoms with Gasteiger partial charge >= 0.3 is 0 Å². The molecule has 0 radical (unpaired) electrons. The molecule has 1 fully saturated rings. The summed E-state index contributed by atoms with van der Waals surface area (Å²) in [5, 5.41) is 41.5. The van der Waals surface area contributed by atoms with Crippen LogP contribution in [-0.4, -0.2) is 62.6 Å². The number of aromatic nitrogens is 1. The maximum Gasteiger partial charge on any atom is 0.163 e. The summed E-state index contributed by atoms with van der Waals surface area (Å²) in [6.07, 6.45) is -3.35. The fourth-order valence-electron chi connectivity index (χ4n) is 3.95. The SMILES string of the molecule is Cc1ccc2c(Sc3ccc(CCN)cc3)cn([C@@H]3O[C@H](CO)[C@@H](O)[C@H](O)[C@H]3O)c2c1. The standard InChI is InChI=1S/C23H28N2O5S/c1-13-2-7-16-17(10-13)25(23-22(29)21(28)20(27)18(12-26)30-23)11-19(16)31-15-5-3-14(4-6-15)8-9-24/h2-7,10-11,18,20-23,26-29H,8-9,12,24H2,1H3/t18-,20-,21+,22-,23-/m1/s1. The predicted octanol–water partition coefficient (Wildman–Crippen LogP) is 1.57. The van der Waals surface area contributed by atoms with Crippen LogP contribution < -0.4 is 5.73 Å². The zero-order valence-corrected chi connectivity index (χ0v) is 18.1. The summed E-state index contributed by atoms with van der Waals surface area (Å²) in [5.41, 5.74) is 8.70. The maximum absolute atomic E-state index is 10.6. The first-order valence-corrected chi connectivity index (χ1v) is 11.1. The van der Waals surface area contributed by atoms with E-state index in [1.165, 1.54) is 5.56 Å². The average Bonchev–Trinajstić information content (AvgIpc) is 3.11. The smallest absolute Gasteiger partial charge is 0.163 e. The van der Waals surface area contributed by atoms with E-state index in [0.717, 1.165) is 32.7 Å². The van der Waals surface area contributed by atoms with Crippen LogP contribution in [0.15, 0.2) is 58.5 Å². The Hall–Kier alpha value is -1.91. The number of fused-ring (bicyclic) bond motifs is 1. The van der Waals surface area contributed by atoms with Gasteiger partial charge in [0.25, 0.3) is 0 Å². The number of aryl methyl sites for hydroxylation is 1. The number of rotatable bonds is 6. The number of nitrogens with two attached hydrogens (primary N) is 1. The highest BCUT2D eigenvalue weighted by molar-refractivity contribution is 7.99. The van der Waals surface area contributed by atoms with E-state index in [1.54, 1.807) is 16.3 Å². The van der Waals surface area contributed by atoms with Crippen LogP contribution in [0.2, 0.25) is 0 Å². The Morgan fingerprint density at radius 1 is 1.03 bits per heavy atom. The third-order valence-corrected chi connectivity index (χ3v) is 6.73. The van der Waals surface area contributed by atoms with Gasteiger partial charge in [-0.1, -0.05) is 36.0 Å². The Labute approximate surface area is 185 Å². The molecule has 4 rings (SSSR count). The van der Waals surface area contributed by atoms with E-state index >= 15 is 0 Å². The van der Waals surface area contributed by atoms with Crippen LogP contribution >= 0.6 is 11.8 Å². The molecule has 6 N–H and O–H groups in total. The minimum absolute atomic E-state index is 0.462. The predicted molar refractivity (Wildman–Crippen MR) is 119 cm³/mol. The Morgan fingerprint density at radius 3 is 2.45 bits per heavy atom. The molecule has 1 aromatic heterocycles. The van der Waals surface area contributed by atoms with Crippen molar-refractivity contribution in [1.82, 2.24) is 4.57 Å². The van der Waals surface area contributed by atoms with Crippen LogP contribution in [0.3, 0.4) is 0 Å². The van der Waals surface area contributed by atoms with Crippen molar-refractivity contribution in [1.29, 1.82) is 0 Å². The summed E-state index contributed by atoms with van der Waals surface area (Å²) in [6.45, 7) is 2.13. The monoisotopic (exact) mass is 444 g/mol. The van der Waals surface area contributed by atoms with Crippen molar-refractivity contribution >= 4 is 22.7 Å². The van der Waals surface area contributed by atoms with Crippen molar-refractivity contribution in [3.05, 3.63) is 59.8 Å². The van der Waals surface area contributed by atoms with Crippen molar-refractivity contribution in [2.24, 2.45) is 5.73 Å². The molecule has 8 heteroatoms. The molecule has 2 aromatic carbocycles. The topological polar surface area (TPSA) is 121 Å². The van der Waals surface area contributed by atoms with Crippen molar-refractivity contribution in [3.63, 3.8) is 0 Å². The van der Waals surface area contributed by atoms with E-state index < -0.39 is 37.3 Å². The summed E-state index contributed by atoms with van der Waals surface area (Å²) < 4.78 is 7.58. The van der Waals surface area contributed by atoms with Gasteiger partial charge in [0.15, 0.2) is 6.23 Å². The first kappa shape index (κ1) is 22.3. The van der Waals surface area contributed by atoms with Gasteiger partial charge in [0, 0.05) is 21.4 Å². The second kappa shape index (κ2) is 9.30. The normalized spacial score (nSPS) is 26.5. The Kier molecular flexibility index (Phi) is 6.68. The Balaban J connectivity index is 1.72. The number of ether oxygens (including phenoxy) is 1. The first-order chi connectivity index (χ1) is 14.9. The number of hydrogen-bond donors (Lipinski definition) is 5.